The minimum Gasteiger partial charge on any atom is -0.357 e. The Labute approximate surface area is 121 Å². The van der Waals surface area contributed by atoms with Gasteiger partial charge in [-0.15, -0.1) is 5.10 Å². The molecule has 106 valence electrons. The van der Waals surface area contributed by atoms with Gasteiger partial charge in [0.05, 0.1) is 17.9 Å². The molecule has 2 aromatic heterocycles. The predicted molar refractivity (Wildman–Crippen MR) is 78.0 cm³/mol. The van der Waals surface area contributed by atoms with Gasteiger partial charge in [0.2, 0.25) is 0 Å². The van der Waals surface area contributed by atoms with Crippen LogP contribution in [-0.2, 0) is 0 Å². The Morgan fingerprint density at radius 3 is 2.76 bits per heavy atom. The van der Waals surface area contributed by atoms with Gasteiger partial charge in [0, 0.05) is 6.20 Å². The van der Waals surface area contributed by atoms with Crippen LogP contribution in [0.15, 0.2) is 54.9 Å². The van der Waals surface area contributed by atoms with Crippen LogP contribution in [-0.4, -0.2) is 25.9 Å². The minimum absolute atomic E-state index is 0.165. The Kier molecular flexibility index (Phi) is 3.51. The highest BCUT2D eigenvalue weighted by atomic mass is 16.1. The molecule has 1 amide bonds. The van der Waals surface area contributed by atoms with Crippen LogP contribution in [0.4, 0.5) is 0 Å². The van der Waals surface area contributed by atoms with Crippen molar-refractivity contribution in [1.29, 1.82) is 0 Å². The molecule has 0 radical (unpaired) electrons. The van der Waals surface area contributed by atoms with Crippen LogP contribution in [0.5, 0.6) is 0 Å². The normalized spacial score (nSPS) is 12.0. The lowest BCUT2D eigenvalue weighted by molar-refractivity contribution is 0.0934. The molecule has 0 aliphatic carbocycles. The van der Waals surface area contributed by atoms with Gasteiger partial charge in [-0.25, -0.2) is 4.68 Å². The molecule has 6 nitrogen and oxygen atoms in total. The first kappa shape index (κ1) is 13.1. The lowest BCUT2D eigenvalue weighted by Gasteiger charge is -2.09. The van der Waals surface area contributed by atoms with Crippen LogP contribution < -0.4 is 5.32 Å². The fraction of sp³-hybridized carbons (Fsp3) is 0.133. The maximum Gasteiger partial charge on any atom is 0.268 e. The summed E-state index contributed by atoms with van der Waals surface area (Å²) in [6.45, 7) is 1.88. The van der Waals surface area contributed by atoms with Crippen molar-refractivity contribution in [3.63, 3.8) is 0 Å². The number of hydrogen-bond acceptors (Lipinski definition) is 3. The van der Waals surface area contributed by atoms with Gasteiger partial charge in [-0.05, 0) is 31.2 Å². The number of H-pyrrole nitrogens is 1. The molecule has 0 spiro atoms. The Hall–Kier alpha value is -2.89. The molecule has 3 rings (SSSR count). The maximum absolute atomic E-state index is 12.0. The van der Waals surface area contributed by atoms with E-state index in [1.165, 1.54) is 0 Å². The second-order valence-corrected chi connectivity index (χ2v) is 4.70. The van der Waals surface area contributed by atoms with Crippen molar-refractivity contribution in [2.24, 2.45) is 0 Å². The quantitative estimate of drug-likeness (QED) is 0.769. The molecule has 0 unspecified atom stereocenters. The van der Waals surface area contributed by atoms with Crippen LogP contribution in [0.25, 0.3) is 5.69 Å². The summed E-state index contributed by atoms with van der Waals surface area (Å²) in [4.78, 5) is 14.8. The van der Waals surface area contributed by atoms with Crippen LogP contribution in [0.1, 0.15) is 29.1 Å². The number of carbonyl (C=O) groups excluding carboxylic acids is 1. The predicted octanol–water partition coefficient (Wildman–Crippen LogP) is 2.09. The summed E-state index contributed by atoms with van der Waals surface area (Å²) in [5.74, 6) is -0.165. The summed E-state index contributed by atoms with van der Waals surface area (Å²) >= 11 is 0. The molecule has 0 fully saturated rings. The molecule has 21 heavy (non-hydrogen) atoms. The first-order chi connectivity index (χ1) is 10.2. The Bertz CT molecular complexity index is 718. The summed E-state index contributed by atoms with van der Waals surface area (Å²) in [5, 5.41) is 11.1. The largest absolute Gasteiger partial charge is 0.357 e. The number of hydrogen-bond donors (Lipinski definition) is 2. The number of aromatic amines is 1. The molecule has 0 saturated carbocycles. The second-order valence-electron chi connectivity index (χ2n) is 4.70. The van der Waals surface area contributed by atoms with Gasteiger partial charge in [-0.1, -0.05) is 23.4 Å². The maximum atomic E-state index is 12.0. The number of nitrogens with one attached hydrogen (secondary N) is 2. The third kappa shape index (κ3) is 2.84. The van der Waals surface area contributed by atoms with Gasteiger partial charge < -0.3 is 10.3 Å². The van der Waals surface area contributed by atoms with Crippen molar-refractivity contribution in [2.45, 2.75) is 13.0 Å². The summed E-state index contributed by atoms with van der Waals surface area (Å²) in [6, 6.07) is 13.0. The highest BCUT2D eigenvalue weighted by Gasteiger charge is 2.15. The average Bonchev–Trinajstić information content (AvgIpc) is 3.20. The number of carbonyl (C=O) groups is 1. The monoisotopic (exact) mass is 281 g/mol. The Morgan fingerprint density at radius 1 is 1.24 bits per heavy atom. The van der Waals surface area contributed by atoms with E-state index >= 15 is 0 Å². The lowest BCUT2D eigenvalue weighted by Crippen LogP contribution is -2.27. The molecule has 0 saturated heterocycles. The first-order valence-corrected chi connectivity index (χ1v) is 6.66. The minimum atomic E-state index is -0.224. The number of nitrogens with zero attached hydrogens (tertiary/aromatic N) is 3. The molecule has 0 bridgehead atoms. The third-order valence-electron chi connectivity index (χ3n) is 3.17. The van der Waals surface area contributed by atoms with Crippen molar-refractivity contribution in [1.82, 2.24) is 25.3 Å². The van der Waals surface area contributed by atoms with Gasteiger partial charge in [-0.3, -0.25) is 4.79 Å². The standard InChI is InChI=1S/C15H15N5O/c1-11(17-15(21)13-8-5-9-16-13)14-10-20(19-18-14)12-6-3-2-4-7-12/h2-11,16H,1H3,(H,17,21)/t11-/m1/s1. The highest BCUT2D eigenvalue weighted by molar-refractivity contribution is 5.92. The molecule has 2 N–H and O–H groups in total. The molecular formula is C15H15N5O. The van der Waals surface area contributed by atoms with E-state index in [4.69, 9.17) is 0 Å². The molecular weight excluding hydrogens is 266 g/mol. The smallest absolute Gasteiger partial charge is 0.268 e. The summed E-state index contributed by atoms with van der Waals surface area (Å²) in [5.41, 5.74) is 2.16. The number of para-hydroxylation sites is 1. The average molecular weight is 281 g/mol. The van der Waals surface area contributed by atoms with Crippen LogP contribution >= 0.6 is 0 Å². The number of amides is 1. The highest BCUT2D eigenvalue weighted by Crippen LogP contribution is 2.12. The van der Waals surface area contributed by atoms with E-state index < -0.39 is 0 Å². The summed E-state index contributed by atoms with van der Waals surface area (Å²) in [7, 11) is 0. The van der Waals surface area contributed by atoms with Crippen LogP contribution in [0.3, 0.4) is 0 Å². The van der Waals surface area contributed by atoms with Gasteiger partial charge in [0.1, 0.15) is 11.4 Å². The first-order valence-electron chi connectivity index (χ1n) is 6.66. The molecule has 1 atom stereocenters. The molecule has 0 aliphatic rings. The summed E-state index contributed by atoms with van der Waals surface area (Å²) in [6.07, 6.45) is 3.53. The SMILES string of the molecule is C[C@@H](NC(=O)c1ccc[nH]1)c1cn(-c2ccccc2)nn1. The number of benzene rings is 1. The zero-order valence-corrected chi connectivity index (χ0v) is 11.5. The number of aromatic nitrogens is 4. The van der Waals surface area contributed by atoms with Gasteiger partial charge in [-0.2, -0.15) is 0 Å². The van der Waals surface area contributed by atoms with Crippen LogP contribution in [0.2, 0.25) is 0 Å². The van der Waals surface area contributed by atoms with E-state index in [1.807, 2.05) is 43.5 Å². The number of rotatable bonds is 4. The molecule has 1 aromatic carbocycles. The third-order valence-corrected chi connectivity index (χ3v) is 3.17. The van der Waals surface area contributed by atoms with E-state index in [0.29, 0.717) is 11.4 Å². The Balaban J connectivity index is 1.73. The van der Waals surface area contributed by atoms with E-state index in [-0.39, 0.29) is 11.9 Å². The molecule has 2 heterocycles. The molecule has 6 heteroatoms. The van der Waals surface area contributed by atoms with E-state index in [9.17, 15) is 4.79 Å². The summed E-state index contributed by atoms with van der Waals surface area (Å²) < 4.78 is 1.69. The van der Waals surface area contributed by atoms with Gasteiger partial charge in [0.25, 0.3) is 5.91 Å². The van der Waals surface area contributed by atoms with Crippen molar-refractivity contribution in [2.75, 3.05) is 0 Å². The lowest BCUT2D eigenvalue weighted by atomic mass is 10.2. The molecule has 0 aliphatic heterocycles. The topological polar surface area (TPSA) is 75.6 Å². The zero-order valence-electron chi connectivity index (χ0n) is 11.5. The van der Waals surface area contributed by atoms with Crippen molar-refractivity contribution in [3.05, 3.63) is 66.2 Å². The van der Waals surface area contributed by atoms with Crippen molar-refractivity contribution in [3.8, 4) is 5.69 Å². The van der Waals surface area contributed by atoms with E-state index in [1.54, 1.807) is 23.0 Å². The molecule has 3 aromatic rings. The van der Waals surface area contributed by atoms with Gasteiger partial charge in [0.15, 0.2) is 0 Å². The van der Waals surface area contributed by atoms with Gasteiger partial charge >= 0.3 is 0 Å². The van der Waals surface area contributed by atoms with Crippen LogP contribution in [0, 0.1) is 0 Å². The van der Waals surface area contributed by atoms with E-state index in [0.717, 1.165) is 5.69 Å². The Morgan fingerprint density at radius 2 is 2.05 bits per heavy atom. The zero-order chi connectivity index (χ0) is 14.7. The van der Waals surface area contributed by atoms with Crippen molar-refractivity contribution >= 4 is 5.91 Å². The van der Waals surface area contributed by atoms with Crippen molar-refractivity contribution < 1.29 is 4.79 Å². The van der Waals surface area contributed by atoms with E-state index in [2.05, 4.69) is 20.6 Å². The second kappa shape index (κ2) is 5.62. The fourth-order valence-corrected chi connectivity index (χ4v) is 2.00. The fourth-order valence-electron chi connectivity index (χ4n) is 2.00.